The van der Waals surface area contributed by atoms with Crippen LogP contribution < -0.4 is 4.90 Å². The van der Waals surface area contributed by atoms with Crippen LogP contribution in [0.3, 0.4) is 0 Å². The molecule has 0 N–H and O–H groups in total. The third kappa shape index (κ3) is 2.05. The first-order chi connectivity index (χ1) is 9.46. The third-order valence-electron chi connectivity index (χ3n) is 4.27. The maximum atomic E-state index is 12.7. The predicted molar refractivity (Wildman–Crippen MR) is 76.6 cm³/mol. The molecule has 1 aliphatic heterocycles. The van der Waals surface area contributed by atoms with Gasteiger partial charge in [0.25, 0.3) is 0 Å². The Morgan fingerprint density at radius 1 is 1.20 bits per heavy atom. The molecule has 0 atom stereocenters. The van der Waals surface area contributed by atoms with Crippen molar-refractivity contribution in [2.75, 3.05) is 4.90 Å². The molecule has 0 aromatic heterocycles. The first-order valence-corrected chi connectivity index (χ1v) is 6.94. The van der Waals surface area contributed by atoms with E-state index in [1.165, 1.54) is 11.8 Å². The lowest BCUT2D eigenvalue weighted by molar-refractivity contribution is -0.126. The van der Waals surface area contributed by atoms with E-state index in [0.717, 1.165) is 0 Å². The minimum absolute atomic E-state index is 0.147. The van der Waals surface area contributed by atoms with Gasteiger partial charge in [-0.1, -0.05) is 26.0 Å². The number of para-hydroxylation sites is 1. The predicted octanol–water partition coefficient (Wildman–Crippen LogP) is 2.96. The Kier molecular flexibility index (Phi) is 3.75. The molecular weight excluding hydrogens is 254 g/mol. The number of anilines is 1. The Hall–Kier alpha value is -1.97. The Morgan fingerprint density at radius 2 is 1.80 bits per heavy atom. The Morgan fingerprint density at radius 3 is 2.30 bits per heavy atom. The summed E-state index contributed by atoms with van der Waals surface area (Å²) in [5.41, 5.74) is 0.219. The molecule has 1 aliphatic rings. The van der Waals surface area contributed by atoms with E-state index in [2.05, 4.69) is 0 Å². The van der Waals surface area contributed by atoms with Crippen molar-refractivity contribution >= 4 is 23.3 Å². The molecule has 2 rings (SSSR count). The number of Topliss-reactive ketones (excluding diaryl/α,β-unsaturated/α-hetero) is 1. The zero-order valence-electron chi connectivity index (χ0n) is 12.1. The summed E-state index contributed by atoms with van der Waals surface area (Å²) in [6.07, 6.45) is 1.49. The molecule has 1 fully saturated rings. The van der Waals surface area contributed by atoms with Gasteiger partial charge < -0.3 is 0 Å². The molecular formula is C16H19NO3. The monoisotopic (exact) mass is 273 g/mol. The zero-order valence-corrected chi connectivity index (χ0v) is 12.1. The number of ketones is 1. The number of hydrogen-bond acceptors (Lipinski definition) is 3. The highest BCUT2D eigenvalue weighted by Crippen LogP contribution is 2.41. The first-order valence-electron chi connectivity index (χ1n) is 6.94. The van der Waals surface area contributed by atoms with Crippen LogP contribution in [-0.4, -0.2) is 17.6 Å². The van der Waals surface area contributed by atoms with Crippen LogP contribution in [0.5, 0.6) is 0 Å². The average molecular weight is 273 g/mol. The van der Waals surface area contributed by atoms with Crippen LogP contribution in [0, 0.1) is 5.41 Å². The van der Waals surface area contributed by atoms with E-state index in [1.807, 2.05) is 13.8 Å². The third-order valence-corrected chi connectivity index (χ3v) is 4.27. The van der Waals surface area contributed by atoms with Gasteiger partial charge in [0.15, 0.2) is 5.78 Å². The molecule has 0 aliphatic carbocycles. The summed E-state index contributed by atoms with van der Waals surface area (Å²) in [5, 5.41) is 0. The van der Waals surface area contributed by atoms with E-state index in [-0.39, 0.29) is 24.0 Å². The molecule has 4 nitrogen and oxygen atoms in total. The molecule has 4 heteroatoms. The molecule has 1 aromatic rings. The van der Waals surface area contributed by atoms with Gasteiger partial charge >= 0.3 is 0 Å². The van der Waals surface area contributed by atoms with Crippen molar-refractivity contribution in [1.29, 1.82) is 0 Å². The van der Waals surface area contributed by atoms with Gasteiger partial charge in [-0.2, -0.15) is 0 Å². The molecule has 0 bridgehead atoms. The van der Waals surface area contributed by atoms with E-state index >= 15 is 0 Å². The minimum atomic E-state index is -0.610. The summed E-state index contributed by atoms with van der Waals surface area (Å²) in [6.45, 7) is 5.29. The van der Waals surface area contributed by atoms with Crippen LogP contribution >= 0.6 is 0 Å². The van der Waals surface area contributed by atoms with Gasteiger partial charge in [-0.15, -0.1) is 0 Å². The number of rotatable bonds is 4. The van der Waals surface area contributed by atoms with E-state index < -0.39 is 5.41 Å². The number of benzene rings is 1. The topological polar surface area (TPSA) is 54.5 Å². The molecule has 1 heterocycles. The van der Waals surface area contributed by atoms with Crippen molar-refractivity contribution in [3.8, 4) is 0 Å². The van der Waals surface area contributed by atoms with Crippen molar-refractivity contribution in [2.45, 2.75) is 40.0 Å². The SMILES string of the molecule is CCC1(CC)CC(=O)N(c2ccccc2C(C)=O)C1=O. The van der Waals surface area contributed by atoms with Crippen molar-refractivity contribution in [3.63, 3.8) is 0 Å². The summed E-state index contributed by atoms with van der Waals surface area (Å²) in [5.74, 6) is -0.541. The number of hydrogen-bond donors (Lipinski definition) is 0. The van der Waals surface area contributed by atoms with Gasteiger partial charge in [0.05, 0.1) is 11.1 Å². The fourth-order valence-corrected chi connectivity index (χ4v) is 2.81. The van der Waals surface area contributed by atoms with Crippen molar-refractivity contribution < 1.29 is 14.4 Å². The molecule has 0 radical (unpaired) electrons. The van der Waals surface area contributed by atoms with Gasteiger partial charge in [0.1, 0.15) is 0 Å². The highest BCUT2D eigenvalue weighted by molar-refractivity contribution is 6.24. The number of nitrogens with zero attached hydrogens (tertiary/aromatic N) is 1. The Labute approximate surface area is 118 Å². The molecule has 2 amide bonds. The summed E-state index contributed by atoms with van der Waals surface area (Å²) in [7, 11) is 0. The normalized spacial score (nSPS) is 17.6. The fraction of sp³-hybridized carbons (Fsp3) is 0.438. The number of carbonyl (C=O) groups excluding carboxylic acids is 3. The van der Waals surface area contributed by atoms with Gasteiger partial charge in [0.2, 0.25) is 11.8 Å². The first kappa shape index (κ1) is 14.4. The Bertz CT molecular complexity index is 573. The van der Waals surface area contributed by atoms with Crippen molar-refractivity contribution in [2.24, 2.45) is 5.41 Å². The highest BCUT2D eigenvalue weighted by Gasteiger charge is 2.50. The zero-order chi connectivity index (χ0) is 14.9. The van der Waals surface area contributed by atoms with Gasteiger partial charge in [-0.25, -0.2) is 4.90 Å². The second-order valence-electron chi connectivity index (χ2n) is 5.27. The van der Waals surface area contributed by atoms with Crippen LogP contribution in [-0.2, 0) is 9.59 Å². The molecule has 0 spiro atoms. The quantitative estimate of drug-likeness (QED) is 0.626. The van der Waals surface area contributed by atoms with E-state index in [9.17, 15) is 14.4 Å². The second-order valence-corrected chi connectivity index (χ2v) is 5.27. The van der Waals surface area contributed by atoms with E-state index in [4.69, 9.17) is 0 Å². The summed E-state index contributed by atoms with van der Waals surface area (Å²) < 4.78 is 0. The molecule has 0 unspecified atom stereocenters. The smallest absolute Gasteiger partial charge is 0.240 e. The molecule has 20 heavy (non-hydrogen) atoms. The van der Waals surface area contributed by atoms with Crippen LogP contribution in [0.4, 0.5) is 5.69 Å². The summed E-state index contributed by atoms with van der Waals surface area (Å²) in [4.78, 5) is 37.8. The number of carbonyl (C=O) groups is 3. The molecule has 0 saturated carbocycles. The van der Waals surface area contributed by atoms with Gasteiger partial charge in [-0.05, 0) is 31.9 Å². The Balaban J connectivity index is 2.52. The molecule has 106 valence electrons. The highest BCUT2D eigenvalue weighted by atomic mass is 16.2. The maximum Gasteiger partial charge on any atom is 0.240 e. The van der Waals surface area contributed by atoms with Crippen LogP contribution in [0.1, 0.15) is 50.4 Å². The average Bonchev–Trinajstić information content (AvgIpc) is 2.70. The van der Waals surface area contributed by atoms with Crippen LogP contribution in [0.15, 0.2) is 24.3 Å². The second kappa shape index (κ2) is 5.19. The number of amides is 2. The molecule has 1 saturated heterocycles. The van der Waals surface area contributed by atoms with Gasteiger partial charge in [0, 0.05) is 12.0 Å². The lowest BCUT2D eigenvalue weighted by Gasteiger charge is -2.24. The summed E-state index contributed by atoms with van der Waals surface area (Å²) in [6, 6.07) is 6.78. The van der Waals surface area contributed by atoms with E-state index in [1.54, 1.807) is 24.3 Å². The minimum Gasteiger partial charge on any atom is -0.294 e. The van der Waals surface area contributed by atoms with Crippen molar-refractivity contribution in [1.82, 2.24) is 0 Å². The summed E-state index contributed by atoms with van der Waals surface area (Å²) >= 11 is 0. The van der Waals surface area contributed by atoms with Crippen LogP contribution in [0.2, 0.25) is 0 Å². The maximum absolute atomic E-state index is 12.7. The van der Waals surface area contributed by atoms with Crippen molar-refractivity contribution in [3.05, 3.63) is 29.8 Å². The standard InChI is InChI=1S/C16H19NO3/c1-4-16(5-2)10-14(19)17(15(16)20)13-9-7-6-8-12(13)11(3)18/h6-9H,4-5,10H2,1-3H3. The number of imide groups is 1. The van der Waals surface area contributed by atoms with Gasteiger partial charge in [-0.3, -0.25) is 14.4 Å². The fourth-order valence-electron chi connectivity index (χ4n) is 2.81. The largest absolute Gasteiger partial charge is 0.294 e. The van der Waals surface area contributed by atoms with Crippen LogP contribution in [0.25, 0.3) is 0 Å². The van der Waals surface area contributed by atoms with E-state index in [0.29, 0.717) is 24.1 Å². The lowest BCUT2D eigenvalue weighted by atomic mass is 9.81. The lowest BCUT2D eigenvalue weighted by Crippen LogP contribution is -2.36. The molecule has 1 aromatic carbocycles.